The van der Waals surface area contributed by atoms with E-state index >= 15 is 0 Å². The lowest BCUT2D eigenvalue weighted by Gasteiger charge is -2.19. The van der Waals surface area contributed by atoms with Crippen LogP contribution in [0, 0.1) is 6.92 Å². The molecule has 1 unspecified atom stereocenters. The molecule has 0 spiro atoms. The van der Waals surface area contributed by atoms with Gasteiger partial charge in [-0.25, -0.2) is 0 Å². The number of carbonyl (C=O) groups is 1. The average molecular weight is 312 g/mol. The molecule has 0 bridgehead atoms. The third-order valence-electron chi connectivity index (χ3n) is 3.82. The van der Waals surface area contributed by atoms with Crippen LogP contribution in [-0.4, -0.2) is 27.1 Å². The Labute approximate surface area is 138 Å². The molecule has 0 aromatic heterocycles. The Morgan fingerprint density at radius 3 is 2.57 bits per heavy atom. The maximum atomic E-state index is 12.5. The van der Waals surface area contributed by atoms with Crippen molar-refractivity contribution >= 4 is 11.6 Å². The second-order valence-corrected chi connectivity index (χ2v) is 5.89. The fourth-order valence-corrected chi connectivity index (χ4v) is 2.48. The summed E-state index contributed by atoms with van der Waals surface area (Å²) in [5.74, 6) is 0.690. The number of benzene rings is 2. The van der Waals surface area contributed by atoms with Gasteiger partial charge in [0.1, 0.15) is 5.75 Å². The fraction of sp³-hybridized carbons (Fsp3) is 0.316. The number of hydrogen-bond acceptors (Lipinski definition) is 3. The molecular weight excluding hydrogens is 288 g/mol. The topological polar surface area (TPSA) is 41.6 Å². The lowest BCUT2D eigenvalue weighted by atomic mass is 10.0. The lowest BCUT2D eigenvalue weighted by Crippen LogP contribution is -2.27. The minimum Gasteiger partial charge on any atom is -0.496 e. The minimum atomic E-state index is -0.139. The number of ether oxygens (including phenoxy) is 1. The van der Waals surface area contributed by atoms with Crippen LogP contribution in [0.3, 0.4) is 0 Å². The number of aryl methyl sites for hydroxylation is 1. The third kappa shape index (κ3) is 4.03. The van der Waals surface area contributed by atoms with Crippen molar-refractivity contribution in [3.8, 4) is 5.75 Å². The van der Waals surface area contributed by atoms with Gasteiger partial charge in [-0.3, -0.25) is 4.79 Å². The number of anilines is 1. The molecule has 4 nitrogen and oxygen atoms in total. The zero-order valence-electron chi connectivity index (χ0n) is 14.4. The van der Waals surface area contributed by atoms with Crippen LogP contribution >= 0.6 is 0 Å². The van der Waals surface area contributed by atoms with E-state index in [1.165, 1.54) is 0 Å². The zero-order valence-corrected chi connectivity index (χ0v) is 14.4. The summed E-state index contributed by atoms with van der Waals surface area (Å²) in [5.41, 5.74) is 3.76. The normalized spacial score (nSPS) is 11.7. The number of nitrogens with zero attached hydrogens (tertiary/aromatic N) is 1. The van der Waals surface area contributed by atoms with E-state index in [1.807, 2.05) is 75.3 Å². The Morgan fingerprint density at radius 1 is 1.17 bits per heavy atom. The van der Waals surface area contributed by atoms with Gasteiger partial charge < -0.3 is 15.0 Å². The van der Waals surface area contributed by atoms with Gasteiger partial charge in [0.15, 0.2) is 0 Å². The molecule has 1 N–H and O–H groups in total. The minimum absolute atomic E-state index is 0.0928. The van der Waals surface area contributed by atoms with Gasteiger partial charge in [-0.05, 0) is 38.1 Å². The van der Waals surface area contributed by atoms with E-state index in [9.17, 15) is 4.79 Å². The number of rotatable bonds is 5. The second-order valence-electron chi connectivity index (χ2n) is 5.89. The van der Waals surface area contributed by atoms with Gasteiger partial charge in [0.05, 0.1) is 13.2 Å². The van der Waals surface area contributed by atoms with Gasteiger partial charge in [0.2, 0.25) is 0 Å². The van der Waals surface area contributed by atoms with Crippen molar-refractivity contribution in [1.82, 2.24) is 5.32 Å². The van der Waals surface area contributed by atoms with Crippen molar-refractivity contribution in [3.05, 3.63) is 59.2 Å². The van der Waals surface area contributed by atoms with Crippen LogP contribution in [0.2, 0.25) is 0 Å². The van der Waals surface area contributed by atoms with E-state index in [4.69, 9.17) is 4.74 Å². The van der Waals surface area contributed by atoms with Crippen molar-refractivity contribution < 1.29 is 9.53 Å². The van der Waals surface area contributed by atoms with Crippen molar-refractivity contribution in [2.75, 3.05) is 26.1 Å². The molecule has 1 atom stereocenters. The van der Waals surface area contributed by atoms with Gasteiger partial charge in [-0.2, -0.15) is 0 Å². The quantitative estimate of drug-likeness (QED) is 0.918. The van der Waals surface area contributed by atoms with Crippen LogP contribution in [0.5, 0.6) is 5.75 Å². The molecule has 2 rings (SSSR count). The molecular formula is C19H24N2O2. The molecule has 0 saturated heterocycles. The van der Waals surface area contributed by atoms with Crippen molar-refractivity contribution in [3.63, 3.8) is 0 Å². The summed E-state index contributed by atoms with van der Waals surface area (Å²) in [4.78, 5) is 14.5. The fourth-order valence-electron chi connectivity index (χ4n) is 2.48. The van der Waals surface area contributed by atoms with Crippen LogP contribution in [0.25, 0.3) is 0 Å². The third-order valence-corrected chi connectivity index (χ3v) is 3.82. The molecule has 2 aromatic carbocycles. The zero-order chi connectivity index (χ0) is 17.0. The molecule has 4 heteroatoms. The highest BCUT2D eigenvalue weighted by atomic mass is 16.5. The van der Waals surface area contributed by atoms with Crippen LogP contribution < -0.4 is 15.0 Å². The molecule has 0 aliphatic heterocycles. The largest absolute Gasteiger partial charge is 0.496 e. The van der Waals surface area contributed by atoms with Crippen LogP contribution in [0.1, 0.15) is 34.5 Å². The van der Waals surface area contributed by atoms with Gasteiger partial charge in [0, 0.05) is 30.9 Å². The van der Waals surface area contributed by atoms with Gasteiger partial charge in [-0.1, -0.05) is 23.8 Å². The Bertz CT molecular complexity index is 696. The maximum absolute atomic E-state index is 12.5. The van der Waals surface area contributed by atoms with Gasteiger partial charge in [-0.15, -0.1) is 0 Å². The molecule has 2 aromatic rings. The maximum Gasteiger partial charge on any atom is 0.251 e. The summed E-state index contributed by atoms with van der Waals surface area (Å²) in [6.45, 7) is 3.99. The Kier molecular flexibility index (Phi) is 5.27. The summed E-state index contributed by atoms with van der Waals surface area (Å²) in [6, 6.07) is 13.4. The first-order valence-corrected chi connectivity index (χ1v) is 7.65. The molecule has 23 heavy (non-hydrogen) atoms. The summed E-state index contributed by atoms with van der Waals surface area (Å²) < 4.78 is 5.40. The van der Waals surface area contributed by atoms with Crippen LogP contribution in [0.15, 0.2) is 42.5 Å². The number of methoxy groups -OCH3 is 1. The first-order chi connectivity index (χ1) is 10.9. The molecule has 0 fully saturated rings. The predicted molar refractivity (Wildman–Crippen MR) is 94.4 cm³/mol. The first kappa shape index (κ1) is 16.9. The lowest BCUT2D eigenvalue weighted by molar-refractivity contribution is 0.0939. The summed E-state index contributed by atoms with van der Waals surface area (Å²) in [6.07, 6.45) is 0. The monoisotopic (exact) mass is 312 g/mol. The highest BCUT2D eigenvalue weighted by Gasteiger charge is 2.15. The molecule has 0 aliphatic carbocycles. The van der Waals surface area contributed by atoms with E-state index in [0.29, 0.717) is 5.56 Å². The van der Waals surface area contributed by atoms with Gasteiger partial charge in [0.25, 0.3) is 5.91 Å². The molecule has 0 radical (unpaired) electrons. The first-order valence-electron chi connectivity index (χ1n) is 7.65. The van der Waals surface area contributed by atoms with Crippen molar-refractivity contribution in [2.45, 2.75) is 19.9 Å². The van der Waals surface area contributed by atoms with E-state index in [0.717, 1.165) is 22.6 Å². The number of hydrogen-bond donors (Lipinski definition) is 1. The SMILES string of the molecule is COc1ccc(C)cc1C(C)NC(=O)c1cccc(N(C)C)c1. The van der Waals surface area contributed by atoms with Crippen LogP contribution in [0.4, 0.5) is 5.69 Å². The average Bonchev–Trinajstić information content (AvgIpc) is 2.54. The number of amides is 1. The van der Waals surface area contributed by atoms with E-state index < -0.39 is 0 Å². The van der Waals surface area contributed by atoms with E-state index in [-0.39, 0.29) is 11.9 Å². The molecule has 122 valence electrons. The highest BCUT2D eigenvalue weighted by molar-refractivity contribution is 5.95. The molecule has 0 aliphatic rings. The number of nitrogens with one attached hydrogen (secondary N) is 1. The standard InChI is InChI=1S/C19H24N2O2/c1-13-9-10-18(23-5)17(11-13)14(2)20-19(22)15-7-6-8-16(12-15)21(3)4/h6-12,14H,1-5H3,(H,20,22). The molecule has 0 saturated carbocycles. The van der Waals surface area contributed by atoms with E-state index in [1.54, 1.807) is 7.11 Å². The molecule has 0 heterocycles. The predicted octanol–water partition coefficient (Wildman–Crippen LogP) is 3.56. The van der Waals surface area contributed by atoms with Crippen LogP contribution in [-0.2, 0) is 0 Å². The summed E-state index contributed by atoms with van der Waals surface area (Å²) in [5, 5.41) is 3.04. The van der Waals surface area contributed by atoms with Gasteiger partial charge >= 0.3 is 0 Å². The van der Waals surface area contributed by atoms with Crippen molar-refractivity contribution in [1.29, 1.82) is 0 Å². The molecule has 1 amide bonds. The Morgan fingerprint density at radius 2 is 1.91 bits per heavy atom. The highest BCUT2D eigenvalue weighted by Crippen LogP contribution is 2.26. The Hall–Kier alpha value is -2.49. The summed E-state index contributed by atoms with van der Waals surface area (Å²) >= 11 is 0. The Balaban J connectivity index is 2.20. The number of carbonyl (C=O) groups excluding carboxylic acids is 1. The van der Waals surface area contributed by atoms with Crippen molar-refractivity contribution in [2.24, 2.45) is 0 Å². The van der Waals surface area contributed by atoms with E-state index in [2.05, 4.69) is 5.32 Å². The second kappa shape index (κ2) is 7.18. The summed E-state index contributed by atoms with van der Waals surface area (Å²) in [7, 11) is 5.55. The smallest absolute Gasteiger partial charge is 0.251 e.